The molecule has 0 saturated carbocycles. The van der Waals surface area contributed by atoms with Crippen LogP contribution in [0.1, 0.15) is 10.4 Å². The molecule has 0 saturated heterocycles. The quantitative estimate of drug-likeness (QED) is 0.872. The van der Waals surface area contributed by atoms with E-state index in [1.165, 1.54) is 30.3 Å². The lowest BCUT2D eigenvalue weighted by molar-refractivity contribution is 0.102. The Balaban J connectivity index is 1.92. The maximum atomic E-state index is 12.4. The van der Waals surface area contributed by atoms with E-state index < -0.39 is 15.7 Å². The molecule has 0 radical (unpaired) electrons. The molecule has 1 heterocycles. The van der Waals surface area contributed by atoms with Gasteiger partial charge in [-0.05, 0) is 30.3 Å². The maximum absolute atomic E-state index is 12.4. The summed E-state index contributed by atoms with van der Waals surface area (Å²) in [5, 5.41) is 3.02. The number of fused-ring (bicyclic) bond motifs is 1. The molecule has 0 aliphatic carbocycles. The molecule has 0 bridgehead atoms. The molecule has 3 rings (SSSR count). The zero-order valence-electron chi connectivity index (χ0n) is 12.3. The van der Waals surface area contributed by atoms with Crippen molar-refractivity contribution in [2.45, 2.75) is 4.90 Å². The van der Waals surface area contributed by atoms with Crippen molar-refractivity contribution < 1.29 is 22.7 Å². The van der Waals surface area contributed by atoms with Gasteiger partial charge in [-0.3, -0.25) is 4.79 Å². The minimum atomic E-state index is -3.42. The number of amides is 1. The molecule has 1 aliphatic heterocycles. The summed E-state index contributed by atoms with van der Waals surface area (Å²) in [5.41, 5.74) is 0.406. The Morgan fingerprint density at radius 1 is 1.12 bits per heavy atom. The van der Waals surface area contributed by atoms with Crippen LogP contribution in [0.3, 0.4) is 0 Å². The van der Waals surface area contributed by atoms with Crippen molar-refractivity contribution in [1.82, 2.24) is 0 Å². The fraction of sp³-hybridized carbons (Fsp3) is 0.133. The number of hydrogen-bond donors (Lipinski definition) is 1. The van der Waals surface area contributed by atoms with Gasteiger partial charge in [0.1, 0.15) is 0 Å². The molecule has 0 atom stereocenters. The summed E-state index contributed by atoms with van der Waals surface area (Å²) in [7, 11) is -3.42. The molecule has 2 aromatic rings. The van der Waals surface area contributed by atoms with E-state index in [1.54, 1.807) is 0 Å². The van der Waals surface area contributed by atoms with Crippen LogP contribution in [0.15, 0.2) is 35.2 Å². The smallest absolute Gasteiger partial charge is 0.255 e. The molecule has 0 unspecified atom stereocenters. The van der Waals surface area contributed by atoms with Crippen LogP contribution >= 0.6 is 23.2 Å². The van der Waals surface area contributed by atoms with Gasteiger partial charge in [0.15, 0.2) is 21.3 Å². The number of carbonyl (C=O) groups excluding carboxylic acids is 1. The van der Waals surface area contributed by atoms with Gasteiger partial charge in [0.05, 0.1) is 20.6 Å². The molecule has 2 aromatic carbocycles. The van der Waals surface area contributed by atoms with Gasteiger partial charge < -0.3 is 14.8 Å². The van der Waals surface area contributed by atoms with Crippen molar-refractivity contribution in [1.29, 1.82) is 0 Å². The Morgan fingerprint density at radius 3 is 2.58 bits per heavy atom. The normalized spacial score (nSPS) is 13.0. The third kappa shape index (κ3) is 3.28. The number of carbonyl (C=O) groups is 1. The number of benzene rings is 2. The number of anilines is 1. The van der Waals surface area contributed by atoms with E-state index in [4.69, 9.17) is 32.7 Å². The van der Waals surface area contributed by atoms with Crippen LogP contribution in [0.25, 0.3) is 0 Å². The highest BCUT2D eigenvalue weighted by Gasteiger charge is 2.21. The van der Waals surface area contributed by atoms with Gasteiger partial charge in [0, 0.05) is 11.8 Å². The predicted octanol–water partition coefficient (Wildman–Crippen LogP) is 3.38. The van der Waals surface area contributed by atoms with E-state index in [-0.39, 0.29) is 33.0 Å². The summed E-state index contributed by atoms with van der Waals surface area (Å²) in [5.74, 6) is 0.233. The molecule has 1 aliphatic rings. The van der Waals surface area contributed by atoms with Crippen LogP contribution in [-0.4, -0.2) is 27.4 Å². The number of sulfone groups is 1. The molecule has 0 fully saturated rings. The van der Waals surface area contributed by atoms with Gasteiger partial charge in [-0.2, -0.15) is 0 Å². The van der Waals surface area contributed by atoms with E-state index in [2.05, 4.69) is 5.32 Å². The van der Waals surface area contributed by atoms with Gasteiger partial charge in [0.2, 0.25) is 6.79 Å². The highest BCUT2D eigenvalue weighted by atomic mass is 35.5. The van der Waals surface area contributed by atoms with E-state index >= 15 is 0 Å². The third-order valence-corrected chi connectivity index (χ3v) is 5.02. The Kier molecular flexibility index (Phi) is 4.33. The second kappa shape index (κ2) is 6.16. The summed E-state index contributed by atoms with van der Waals surface area (Å²) >= 11 is 12.1. The number of hydrogen-bond acceptors (Lipinski definition) is 5. The van der Waals surface area contributed by atoms with Crippen LogP contribution in [0.2, 0.25) is 10.0 Å². The fourth-order valence-corrected chi connectivity index (χ4v) is 3.20. The first-order valence-electron chi connectivity index (χ1n) is 6.66. The molecule has 126 valence electrons. The van der Waals surface area contributed by atoms with Crippen LogP contribution in [0.4, 0.5) is 5.69 Å². The Labute approximate surface area is 148 Å². The minimum Gasteiger partial charge on any atom is -0.454 e. The molecule has 24 heavy (non-hydrogen) atoms. The number of nitrogens with one attached hydrogen (secondary N) is 1. The number of ether oxygens (including phenoxy) is 2. The van der Waals surface area contributed by atoms with Crippen molar-refractivity contribution in [2.75, 3.05) is 18.4 Å². The summed E-state index contributed by atoms with van der Waals surface area (Å²) in [4.78, 5) is 12.5. The van der Waals surface area contributed by atoms with Crippen molar-refractivity contribution in [2.24, 2.45) is 0 Å². The van der Waals surface area contributed by atoms with E-state index in [0.29, 0.717) is 11.5 Å². The van der Waals surface area contributed by atoms with Gasteiger partial charge in [-0.15, -0.1) is 0 Å². The molecule has 0 spiro atoms. The lowest BCUT2D eigenvalue weighted by Crippen LogP contribution is -2.13. The summed E-state index contributed by atoms with van der Waals surface area (Å²) in [6.45, 7) is 0.0301. The molecule has 1 amide bonds. The zero-order chi connectivity index (χ0) is 17.5. The first-order chi connectivity index (χ1) is 11.3. The second-order valence-corrected chi connectivity index (χ2v) is 7.89. The van der Waals surface area contributed by atoms with Crippen LogP contribution in [0.5, 0.6) is 11.5 Å². The molecule has 0 aromatic heterocycles. The topological polar surface area (TPSA) is 81.7 Å². The van der Waals surface area contributed by atoms with Crippen molar-refractivity contribution in [3.8, 4) is 11.5 Å². The maximum Gasteiger partial charge on any atom is 0.255 e. The van der Waals surface area contributed by atoms with Crippen LogP contribution in [0, 0.1) is 0 Å². The van der Waals surface area contributed by atoms with E-state index in [0.717, 1.165) is 6.26 Å². The zero-order valence-corrected chi connectivity index (χ0v) is 14.6. The van der Waals surface area contributed by atoms with Crippen molar-refractivity contribution in [3.05, 3.63) is 45.9 Å². The monoisotopic (exact) mass is 387 g/mol. The molecule has 6 nitrogen and oxygen atoms in total. The fourth-order valence-electron chi connectivity index (χ4n) is 2.12. The van der Waals surface area contributed by atoms with Gasteiger partial charge in [0.25, 0.3) is 5.91 Å². The van der Waals surface area contributed by atoms with Gasteiger partial charge in [-0.1, -0.05) is 23.2 Å². The first kappa shape index (κ1) is 16.9. The summed E-state index contributed by atoms with van der Waals surface area (Å²) < 4.78 is 33.6. The van der Waals surface area contributed by atoms with Gasteiger partial charge in [-0.25, -0.2) is 8.42 Å². The molecule has 1 N–H and O–H groups in total. The number of halogens is 2. The van der Waals surface area contributed by atoms with Gasteiger partial charge >= 0.3 is 0 Å². The lowest BCUT2D eigenvalue weighted by Gasteiger charge is -2.10. The Hall–Kier alpha value is -1.96. The minimum absolute atomic E-state index is 0.0301. The van der Waals surface area contributed by atoms with Crippen LogP contribution < -0.4 is 14.8 Å². The predicted molar refractivity (Wildman–Crippen MR) is 90.1 cm³/mol. The van der Waals surface area contributed by atoms with Crippen molar-refractivity contribution in [3.63, 3.8) is 0 Å². The first-order valence-corrected chi connectivity index (χ1v) is 9.30. The van der Waals surface area contributed by atoms with E-state index in [1.807, 2.05) is 0 Å². The summed E-state index contributed by atoms with van der Waals surface area (Å²) in [6.07, 6.45) is 1.07. The SMILES string of the molecule is CS(=O)(=O)c1ccc(Cl)c(NC(=O)c2cc(Cl)c3c(c2)OCO3)c1. The van der Waals surface area contributed by atoms with Crippen molar-refractivity contribution >= 4 is 44.6 Å². The lowest BCUT2D eigenvalue weighted by atomic mass is 10.2. The second-order valence-electron chi connectivity index (χ2n) is 5.06. The third-order valence-electron chi connectivity index (χ3n) is 3.30. The largest absolute Gasteiger partial charge is 0.454 e. The summed E-state index contributed by atoms with van der Waals surface area (Å²) in [6, 6.07) is 6.98. The Morgan fingerprint density at radius 2 is 1.88 bits per heavy atom. The Bertz CT molecular complexity index is 943. The average Bonchev–Trinajstić information content (AvgIpc) is 2.97. The highest BCUT2D eigenvalue weighted by molar-refractivity contribution is 7.90. The standard InChI is InChI=1S/C15H11Cl2NO5S/c1-24(20,21)9-2-3-10(16)12(6-9)18-15(19)8-4-11(17)14-13(5-8)22-7-23-14/h2-6H,7H2,1H3,(H,18,19). The van der Waals surface area contributed by atoms with E-state index in [9.17, 15) is 13.2 Å². The highest BCUT2D eigenvalue weighted by Crippen LogP contribution is 2.40. The molecular formula is C15H11Cl2NO5S. The molecular weight excluding hydrogens is 377 g/mol. The van der Waals surface area contributed by atoms with Crippen LogP contribution in [-0.2, 0) is 9.84 Å². The number of rotatable bonds is 3. The molecule has 9 heteroatoms. The average molecular weight is 388 g/mol.